The molecule has 5 heteroatoms. The second kappa shape index (κ2) is 4.00. The average molecular weight is 206 g/mol. The quantitative estimate of drug-likeness (QED) is 0.819. The predicted molar refractivity (Wildman–Crippen MR) is 50.6 cm³/mol. The van der Waals surface area contributed by atoms with Crippen LogP contribution in [0.25, 0.3) is 0 Å². The van der Waals surface area contributed by atoms with E-state index >= 15 is 0 Å². The van der Waals surface area contributed by atoms with Crippen molar-refractivity contribution in [1.82, 2.24) is 4.98 Å². The molecule has 74 valence electrons. The van der Waals surface area contributed by atoms with Crippen LogP contribution in [0.15, 0.2) is 5.38 Å². The van der Waals surface area contributed by atoms with Crippen molar-refractivity contribution in [3.63, 3.8) is 0 Å². The number of anilines is 1. The van der Waals surface area contributed by atoms with Gasteiger partial charge in [0.1, 0.15) is 0 Å². The van der Waals surface area contributed by atoms with Crippen molar-refractivity contribution in [2.24, 2.45) is 0 Å². The largest absolute Gasteiger partial charge is 0.355 e. The molecule has 0 bridgehead atoms. The molecule has 0 saturated carbocycles. The smallest absolute Gasteiger partial charge is 0.262 e. The topological polar surface area (TPSA) is 24.9 Å². The molecular weight excluding hydrogens is 194 g/mol. The van der Waals surface area contributed by atoms with Gasteiger partial charge in [-0.1, -0.05) is 6.92 Å². The summed E-state index contributed by atoms with van der Waals surface area (Å²) in [6.45, 7) is 2.51. The lowest BCUT2D eigenvalue weighted by atomic mass is 10.4. The Labute approximate surface area is 80.0 Å². The van der Waals surface area contributed by atoms with Crippen molar-refractivity contribution in [2.75, 3.05) is 11.9 Å². The normalized spacial score (nSPS) is 11.7. The van der Waals surface area contributed by atoms with Crippen LogP contribution in [0.3, 0.4) is 0 Å². The molecule has 0 aromatic carbocycles. The maximum Gasteiger partial charge on any atom is 0.262 e. The second-order valence-corrected chi connectivity index (χ2v) is 3.78. The van der Waals surface area contributed by atoms with Crippen LogP contribution in [-0.4, -0.2) is 17.5 Å². The van der Waals surface area contributed by atoms with Crippen LogP contribution < -0.4 is 5.32 Å². The van der Waals surface area contributed by atoms with E-state index in [9.17, 15) is 8.78 Å². The standard InChI is InChI=1S/C8H12F2N2S/c1-3-6-4-13-7(12-6)11-5-8(2,9)10/h4H,3,5H2,1-2H3,(H,11,12). The van der Waals surface area contributed by atoms with E-state index in [0.29, 0.717) is 5.13 Å². The summed E-state index contributed by atoms with van der Waals surface area (Å²) in [7, 11) is 0. The number of thiazole rings is 1. The summed E-state index contributed by atoms with van der Waals surface area (Å²) >= 11 is 1.36. The van der Waals surface area contributed by atoms with Gasteiger partial charge < -0.3 is 5.32 Å². The van der Waals surface area contributed by atoms with E-state index in [-0.39, 0.29) is 6.54 Å². The fourth-order valence-corrected chi connectivity index (χ4v) is 1.57. The van der Waals surface area contributed by atoms with Gasteiger partial charge in [0.05, 0.1) is 12.2 Å². The highest BCUT2D eigenvalue weighted by molar-refractivity contribution is 7.13. The van der Waals surface area contributed by atoms with Gasteiger partial charge in [0.15, 0.2) is 5.13 Å². The Morgan fingerprint density at radius 1 is 1.62 bits per heavy atom. The summed E-state index contributed by atoms with van der Waals surface area (Å²) < 4.78 is 24.8. The van der Waals surface area contributed by atoms with Crippen molar-refractivity contribution in [2.45, 2.75) is 26.2 Å². The van der Waals surface area contributed by atoms with E-state index in [1.165, 1.54) is 11.3 Å². The zero-order chi connectivity index (χ0) is 9.90. The van der Waals surface area contributed by atoms with Crippen LogP contribution in [0.4, 0.5) is 13.9 Å². The Bertz CT molecular complexity index is 267. The van der Waals surface area contributed by atoms with Gasteiger partial charge in [-0.05, 0) is 6.42 Å². The van der Waals surface area contributed by atoms with Gasteiger partial charge in [-0.2, -0.15) is 0 Å². The van der Waals surface area contributed by atoms with Gasteiger partial charge in [0.25, 0.3) is 5.92 Å². The molecule has 0 aliphatic heterocycles. The predicted octanol–water partition coefficient (Wildman–Crippen LogP) is 2.77. The molecule has 0 aliphatic rings. The molecule has 1 aromatic rings. The summed E-state index contributed by atoms with van der Waals surface area (Å²) in [5.41, 5.74) is 0.937. The molecule has 0 radical (unpaired) electrons. The third-order valence-electron chi connectivity index (χ3n) is 1.46. The number of hydrogen-bond donors (Lipinski definition) is 1. The van der Waals surface area contributed by atoms with Crippen molar-refractivity contribution < 1.29 is 8.78 Å². The van der Waals surface area contributed by atoms with E-state index in [1.54, 1.807) is 0 Å². The van der Waals surface area contributed by atoms with Crippen molar-refractivity contribution >= 4 is 16.5 Å². The first-order valence-electron chi connectivity index (χ1n) is 4.07. The monoisotopic (exact) mass is 206 g/mol. The molecule has 1 N–H and O–H groups in total. The number of alkyl halides is 2. The zero-order valence-corrected chi connectivity index (χ0v) is 8.42. The first kappa shape index (κ1) is 10.4. The van der Waals surface area contributed by atoms with Crippen LogP contribution in [0.5, 0.6) is 0 Å². The van der Waals surface area contributed by atoms with Crippen LogP contribution in [0.2, 0.25) is 0 Å². The summed E-state index contributed by atoms with van der Waals surface area (Å²) in [6, 6.07) is 0. The molecule has 0 spiro atoms. The Morgan fingerprint density at radius 2 is 2.31 bits per heavy atom. The van der Waals surface area contributed by atoms with E-state index in [0.717, 1.165) is 19.0 Å². The molecule has 2 nitrogen and oxygen atoms in total. The van der Waals surface area contributed by atoms with Crippen LogP contribution in [0, 0.1) is 0 Å². The van der Waals surface area contributed by atoms with Gasteiger partial charge >= 0.3 is 0 Å². The highest BCUT2D eigenvalue weighted by Gasteiger charge is 2.20. The lowest BCUT2D eigenvalue weighted by Gasteiger charge is -2.09. The van der Waals surface area contributed by atoms with E-state index in [4.69, 9.17) is 0 Å². The van der Waals surface area contributed by atoms with Gasteiger partial charge in [-0.25, -0.2) is 13.8 Å². The number of rotatable bonds is 4. The fraction of sp³-hybridized carbons (Fsp3) is 0.625. The first-order valence-corrected chi connectivity index (χ1v) is 4.95. The van der Waals surface area contributed by atoms with E-state index < -0.39 is 5.92 Å². The average Bonchev–Trinajstić information content (AvgIpc) is 2.47. The Kier molecular flexibility index (Phi) is 3.19. The summed E-state index contributed by atoms with van der Waals surface area (Å²) in [5, 5.41) is 5.04. The van der Waals surface area contributed by atoms with Crippen LogP contribution >= 0.6 is 11.3 Å². The number of nitrogens with zero attached hydrogens (tertiary/aromatic N) is 1. The highest BCUT2D eigenvalue weighted by atomic mass is 32.1. The molecule has 1 rings (SSSR count). The van der Waals surface area contributed by atoms with Crippen molar-refractivity contribution in [3.8, 4) is 0 Å². The summed E-state index contributed by atoms with van der Waals surface area (Å²) in [6.07, 6.45) is 0.834. The lowest BCUT2D eigenvalue weighted by molar-refractivity contribution is 0.0367. The van der Waals surface area contributed by atoms with Crippen molar-refractivity contribution in [1.29, 1.82) is 0 Å². The molecule has 0 atom stereocenters. The lowest BCUT2D eigenvalue weighted by Crippen LogP contribution is -2.22. The maximum absolute atomic E-state index is 12.4. The minimum Gasteiger partial charge on any atom is -0.355 e. The third-order valence-corrected chi connectivity index (χ3v) is 2.31. The highest BCUT2D eigenvalue weighted by Crippen LogP contribution is 2.18. The van der Waals surface area contributed by atoms with Crippen LogP contribution in [0.1, 0.15) is 19.5 Å². The fourth-order valence-electron chi connectivity index (χ4n) is 0.781. The Balaban J connectivity index is 2.46. The van der Waals surface area contributed by atoms with E-state index in [1.807, 2.05) is 12.3 Å². The molecular formula is C8H12F2N2S. The maximum atomic E-state index is 12.4. The minimum absolute atomic E-state index is 0.357. The van der Waals surface area contributed by atoms with Gasteiger partial charge in [0.2, 0.25) is 0 Å². The number of halogens is 2. The SMILES string of the molecule is CCc1csc(NCC(C)(F)F)n1. The van der Waals surface area contributed by atoms with Gasteiger partial charge in [-0.15, -0.1) is 11.3 Å². The molecule has 0 saturated heterocycles. The molecule has 0 aliphatic carbocycles. The minimum atomic E-state index is -2.68. The summed E-state index contributed by atoms with van der Waals surface area (Å²) in [4.78, 5) is 4.11. The third kappa shape index (κ3) is 3.67. The zero-order valence-electron chi connectivity index (χ0n) is 7.60. The number of nitrogens with one attached hydrogen (secondary N) is 1. The van der Waals surface area contributed by atoms with E-state index in [2.05, 4.69) is 10.3 Å². The molecule has 0 fully saturated rings. The number of aryl methyl sites for hydroxylation is 1. The van der Waals surface area contributed by atoms with Gasteiger partial charge in [-0.3, -0.25) is 0 Å². The molecule has 0 unspecified atom stereocenters. The Morgan fingerprint density at radius 3 is 2.77 bits per heavy atom. The number of aromatic nitrogens is 1. The molecule has 1 aromatic heterocycles. The van der Waals surface area contributed by atoms with Gasteiger partial charge in [0, 0.05) is 12.3 Å². The Hall–Kier alpha value is -0.710. The number of hydrogen-bond acceptors (Lipinski definition) is 3. The van der Waals surface area contributed by atoms with Crippen LogP contribution in [-0.2, 0) is 6.42 Å². The molecule has 13 heavy (non-hydrogen) atoms. The summed E-state index contributed by atoms with van der Waals surface area (Å²) in [5.74, 6) is -2.68. The second-order valence-electron chi connectivity index (χ2n) is 2.92. The van der Waals surface area contributed by atoms with Crippen molar-refractivity contribution in [3.05, 3.63) is 11.1 Å². The molecule has 0 amide bonds. The first-order chi connectivity index (χ1) is 6.01. The molecule has 1 heterocycles.